The molecule has 3 rings (SSSR count). The molecule has 0 amide bonds. The highest BCUT2D eigenvalue weighted by Crippen LogP contribution is 2.36. The van der Waals surface area contributed by atoms with Crippen molar-refractivity contribution in [1.82, 2.24) is 0 Å². The van der Waals surface area contributed by atoms with Crippen molar-refractivity contribution in [2.75, 3.05) is 6.79 Å². The van der Waals surface area contributed by atoms with Crippen molar-refractivity contribution in [2.45, 2.75) is 0 Å². The van der Waals surface area contributed by atoms with Gasteiger partial charge in [0.1, 0.15) is 5.82 Å². The van der Waals surface area contributed by atoms with E-state index in [-0.39, 0.29) is 12.4 Å². The zero-order chi connectivity index (χ0) is 13.4. The third-order valence-electron chi connectivity index (χ3n) is 2.85. The Morgan fingerprint density at radius 1 is 1.05 bits per heavy atom. The molecule has 4 nitrogen and oxygen atoms in total. The number of hydrogen-bond donors (Lipinski definition) is 1. The first-order valence-corrected chi connectivity index (χ1v) is 5.57. The van der Waals surface area contributed by atoms with Crippen LogP contribution in [0.2, 0.25) is 0 Å². The molecule has 1 N–H and O–H groups in total. The molecule has 0 saturated carbocycles. The van der Waals surface area contributed by atoms with Gasteiger partial charge in [-0.05, 0) is 41.5 Å². The van der Waals surface area contributed by atoms with Gasteiger partial charge in [-0.3, -0.25) is 0 Å². The van der Waals surface area contributed by atoms with Crippen molar-refractivity contribution in [3.05, 3.63) is 47.8 Å². The third kappa shape index (κ3) is 2.10. The van der Waals surface area contributed by atoms with Crippen LogP contribution in [0.25, 0.3) is 11.1 Å². The van der Waals surface area contributed by atoms with E-state index in [9.17, 15) is 9.18 Å². The maximum atomic E-state index is 13.4. The van der Waals surface area contributed by atoms with Gasteiger partial charge in [-0.2, -0.15) is 0 Å². The first-order chi connectivity index (χ1) is 9.13. The highest BCUT2D eigenvalue weighted by atomic mass is 19.1. The quantitative estimate of drug-likeness (QED) is 0.902. The van der Waals surface area contributed by atoms with Crippen LogP contribution >= 0.6 is 0 Å². The molecule has 0 aliphatic carbocycles. The fraction of sp³-hybridized carbons (Fsp3) is 0.0714. The highest BCUT2D eigenvalue weighted by molar-refractivity contribution is 5.89. The summed E-state index contributed by atoms with van der Waals surface area (Å²) in [7, 11) is 0. The van der Waals surface area contributed by atoms with Crippen molar-refractivity contribution in [3.8, 4) is 22.6 Å². The lowest BCUT2D eigenvalue weighted by Gasteiger charge is -2.05. The standard InChI is InChI=1S/C14H9FO4/c15-11-4-9(3-10(5-11)14(16)17)8-1-2-12-13(6-8)19-7-18-12/h1-6H,7H2,(H,16,17). The van der Waals surface area contributed by atoms with Crippen LogP contribution in [0.3, 0.4) is 0 Å². The van der Waals surface area contributed by atoms with Crippen LogP contribution in [0.15, 0.2) is 36.4 Å². The minimum Gasteiger partial charge on any atom is -0.478 e. The number of hydrogen-bond acceptors (Lipinski definition) is 3. The Labute approximate surface area is 108 Å². The van der Waals surface area contributed by atoms with E-state index in [0.29, 0.717) is 22.6 Å². The Bertz CT molecular complexity index is 666. The van der Waals surface area contributed by atoms with Crippen LogP contribution in [-0.2, 0) is 0 Å². The Morgan fingerprint density at radius 2 is 1.84 bits per heavy atom. The molecule has 0 bridgehead atoms. The van der Waals surface area contributed by atoms with Crippen molar-refractivity contribution in [1.29, 1.82) is 0 Å². The topological polar surface area (TPSA) is 55.8 Å². The smallest absolute Gasteiger partial charge is 0.335 e. The maximum absolute atomic E-state index is 13.4. The Hall–Kier alpha value is -2.56. The van der Waals surface area contributed by atoms with Gasteiger partial charge in [0, 0.05) is 0 Å². The molecule has 0 aromatic heterocycles. The molecule has 1 heterocycles. The van der Waals surface area contributed by atoms with E-state index in [0.717, 1.165) is 6.07 Å². The lowest BCUT2D eigenvalue weighted by molar-refractivity contribution is 0.0696. The predicted molar refractivity (Wildman–Crippen MR) is 64.9 cm³/mol. The van der Waals surface area contributed by atoms with E-state index in [1.165, 1.54) is 12.1 Å². The van der Waals surface area contributed by atoms with Crippen LogP contribution in [0.4, 0.5) is 4.39 Å². The van der Waals surface area contributed by atoms with Crippen LogP contribution in [-0.4, -0.2) is 17.9 Å². The first kappa shape index (κ1) is 11.5. The molecule has 0 unspecified atom stereocenters. The second-order valence-electron chi connectivity index (χ2n) is 4.10. The molecule has 2 aromatic carbocycles. The molecular weight excluding hydrogens is 251 g/mol. The Balaban J connectivity index is 2.09. The van der Waals surface area contributed by atoms with Gasteiger partial charge in [-0.15, -0.1) is 0 Å². The van der Waals surface area contributed by atoms with Gasteiger partial charge in [-0.25, -0.2) is 9.18 Å². The number of rotatable bonds is 2. The fourth-order valence-electron chi connectivity index (χ4n) is 1.96. The van der Waals surface area contributed by atoms with E-state index in [1.54, 1.807) is 18.2 Å². The van der Waals surface area contributed by atoms with Crippen LogP contribution < -0.4 is 9.47 Å². The molecular formula is C14H9FO4. The zero-order valence-electron chi connectivity index (χ0n) is 9.72. The third-order valence-corrected chi connectivity index (χ3v) is 2.85. The van der Waals surface area contributed by atoms with Crippen molar-refractivity contribution >= 4 is 5.97 Å². The van der Waals surface area contributed by atoms with Gasteiger partial charge >= 0.3 is 5.97 Å². The van der Waals surface area contributed by atoms with Gasteiger partial charge in [0.25, 0.3) is 0 Å². The lowest BCUT2D eigenvalue weighted by Crippen LogP contribution is -1.97. The Morgan fingerprint density at radius 3 is 2.63 bits per heavy atom. The number of carbonyl (C=O) groups is 1. The molecule has 96 valence electrons. The summed E-state index contributed by atoms with van der Waals surface area (Å²) in [6, 6.07) is 8.82. The number of carboxylic acids is 1. The van der Waals surface area contributed by atoms with Gasteiger partial charge in [-0.1, -0.05) is 6.07 Å². The molecule has 2 aromatic rings. The van der Waals surface area contributed by atoms with E-state index in [4.69, 9.17) is 14.6 Å². The first-order valence-electron chi connectivity index (χ1n) is 5.57. The van der Waals surface area contributed by atoms with Crippen LogP contribution in [0.1, 0.15) is 10.4 Å². The summed E-state index contributed by atoms with van der Waals surface area (Å²) < 4.78 is 23.8. The monoisotopic (exact) mass is 260 g/mol. The van der Waals surface area contributed by atoms with Gasteiger partial charge in [0.05, 0.1) is 5.56 Å². The highest BCUT2D eigenvalue weighted by Gasteiger charge is 2.15. The lowest BCUT2D eigenvalue weighted by atomic mass is 10.0. The molecule has 0 atom stereocenters. The fourth-order valence-corrected chi connectivity index (χ4v) is 1.96. The minimum atomic E-state index is -1.17. The van der Waals surface area contributed by atoms with E-state index < -0.39 is 11.8 Å². The van der Waals surface area contributed by atoms with E-state index in [1.807, 2.05) is 0 Å². The minimum absolute atomic E-state index is 0.0901. The number of halogens is 1. The van der Waals surface area contributed by atoms with Gasteiger partial charge in [0.15, 0.2) is 11.5 Å². The van der Waals surface area contributed by atoms with Crippen molar-refractivity contribution in [2.24, 2.45) is 0 Å². The molecule has 1 aliphatic heterocycles. The molecule has 1 aliphatic rings. The molecule has 0 saturated heterocycles. The maximum Gasteiger partial charge on any atom is 0.335 e. The second-order valence-corrected chi connectivity index (χ2v) is 4.10. The average Bonchev–Trinajstić information content (AvgIpc) is 2.85. The normalized spacial score (nSPS) is 12.5. The van der Waals surface area contributed by atoms with Crippen LogP contribution in [0.5, 0.6) is 11.5 Å². The SMILES string of the molecule is O=C(O)c1cc(F)cc(-c2ccc3c(c2)OCO3)c1. The largest absolute Gasteiger partial charge is 0.478 e. The number of benzene rings is 2. The summed E-state index contributed by atoms with van der Waals surface area (Å²) in [6.07, 6.45) is 0. The molecule has 19 heavy (non-hydrogen) atoms. The predicted octanol–water partition coefficient (Wildman–Crippen LogP) is 2.92. The second kappa shape index (κ2) is 4.28. The number of ether oxygens (including phenoxy) is 2. The molecule has 0 fully saturated rings. The van der Waals surface area contributed by atoms with E-state index >= 15 is 0 Å². The molecule has 5 heteroatoms. The summed E-state index contributed by atoms with van der Waals surface area (Å²) in [5.74, 6) is -0.564. The van der Waals surface area contributed by atoms with Gasteiger partial charge in [0.2, 0.25) is 6.79 Å². The summed E-state index contributed by atoms with van der Waals surface area (Å²) in [5.41, 5.74) is 1.06. The number of fused-ring (bicyclic) bond motifs is 1. The summed E-state index contributed by atoms with van der Waals surface area (Å²) in [6.45, 7) is 0.155. The Kier molecular flexibility index (Phi) is 2.59. The van der Waals surface area contributed by atoms with Gasteiger partial charge < -0.3 is 14.6 Å². The summed E-state index contributed by atoms with van der Waals surface area (Å²) >= 11 is 0. The molecule has 0 spiro atoms. The van der Waals surface area contributed by atoms with E-state index in [2.05, 4.69) is 0 Å². The van der Waals surface area contributed by atoms with Crippen molar-refractivity contribution in [3.63, 3.8) is 0 Å². The zero-order valence-corrected chi connectivity index (χ0v) is 9.72. The number of carboxylic acid groups (broad SMARTS) is 1. The average molecular weight is 260 g/mol. The summed E-state index contributed by atoms with van der Waals surface area (Å²) in [5, 5.41) is 8.92. The molecule has 0 radical (unpaired) electrons. The summed E-state index contributed by atoms with van der Waals surface area (Å²) in [4.78, 5) is 10.9. The van der Waals surface area contributed by atoms with Crippen molar-refractivity contribution < 1.29 is 23.8 Å². The number of aromatic carboxylic acids is 1. The van der Waals surface area contributed by atoms with Crippen LogP contribution in [0, 0.1) is 5.82 Å².